The van der Waals surface area contributed by atoms with Gasteiger partial charge in [-0.05, 0) is 62.7 Å². The Morgan fingerprint density at radius 1 is 0.821 bits per heavy atom. The van der Waals surface area contributed by atoms with E-state index in [0.717, 1.165) is 5.56 Å². The molecule has 4 N–H and O–H groups in total. The van der Waals surface area contributed by atoms with Gasteiger partial charge in [0.05, 0.1) is 4.90 Å². The monoisotopic (exact) mass is 545 g/mol. The molecule has 0 heterocycles. The average molecular weight is 546 g/mol. The standard InChI is InChI=1S/C30H31N3O5S/c1-30(2,3)33-39(37,38)27-14-8-11-23-24(27)12-7-13-25(23)31-29(36)26(19-20-9-5-4-6-10-20)32-28(35)21-15-17-22(34)18-16-21/h4-18,26,33-34H,19H2,1-3H3,(H,31,36)(H,32,35). The Morgan fingerprint density at radius 2 is 1.46 bits per heavy atom. The maximum absolute atomic E-state index is 13.6. The predicted molar refractivity (Wildman–Crippen MR) is 152 cm³/mol. The number of phenolic OH excluding ortho intramolecular Hbond substituents is 1. The number of benzene rings is 4. The van der Waals surface area contributed by atoms with Gasteiger partial charge in [-0.15, -0.1) is 0 Å². The van der Waals surface area contributed by atoms with Gasteiger partial charge < -0.3 is 15.7 Å². The SMILES string of the molecule is CC(C)(C)NS(=O)(=O)c1cccc2c(NC(=O)C(Cc3ccccc3)NC(=O)c3ccc(O)cc3)cccc12. The summed E-state index contributed by atoms with van der Waals surface area (Å²) in [7, 11) is -3.83. The second-order valence-electron chi connectivity index (χ2n) is 10.3. The van der Waals surface area contributed by atoms with E-state index in [-0.39, 0.29) is 17.1 Å². The maximum atomic E-state index is 13.6. The summed E-state index contributed by atoms with van der Waals surface area (Å²) in [6, 6.07) is 24.1. The van der Waals surface area contributed by atoms with Crippen LogP contribution in [0.4, 0.5) is 5.69 Å². The molecule has 0 fully saturated rings. The molecule has 9 heteroatoms. The highest BCUT2D eigenvalue weighted by Gasteiger charge is 2.26. The van der Waals surface area contributed by atoms with Crippen molar-refractivity contribution in [3.63, 3.8) is 0 Å². The molecule has 0 aliphatic heterocycles. The van der Waals surface area contributed by atoms with Gasteiger partial charge >= 0.3 is 0 Å². The van der Waals surface area contributed by atoms with Crippen molar-refractivity contribution in [1.82, 2.24) is 10.0 Å². The lowest BCUT2D eigenvalue weighted by molar-refractivity contribution is -0.118. The fourth-order valence-electron chi connectivity index (χ4n) is 4.22. The van der Waals surface area contributed by atoms with Crippen molar-refractivity contribution in [2.75, 3.05) is 5.32 Å². The molecule has 0 aliphatic carbocycles. The minimum atomic E-state index is -3.83. The largest absolute Gasteiger partial charge is 0.508 e. The summed E-state index contributed by atoms with van der Waals surface area (Å²) in [5.74, 6) is -0.898. The summed E-state index contributed by atoms with van der Waals surface area (Å²) in [6.07, 6.45) is 0.233. The van der Waals surface area contributed by atoms with Crippen molar-refractivity contribution in [2.24, 2.45) is 0 Å². The Hall–Kier alpha value is -4.21. The van der Waals surface area contributed by atoms with Crippen LogP contribution in [0.2, 0.25) is 0 Å². The van der Waals surface area contributed by atoms with Gasteiger partial charge in [0.25, 0.3) is 5.91 Å². The number of carbonyl (C=O) groups is 2. The molecule has 0 aliphatic rings. The quantitative estimate of drug-likeness (QED) is 0.258. The molecule has 4 aromatic carbocycles. The van der Waals surface area contributed by atoms with Crippen molar-refractivity contribution >= 4 is 38.3 Å². The number of hydrogen-bond donors (Lipinski definition) is 4. The van der Waals surface area contributed by atoms with Gasteiger partial charge in [-0.1, -0.05) is 54.6 Å². The molecule has 1 unspecified atom stereocenters. The Bertz CT molecular complexity index is 1600. The molecule has 4 aromatic rings. The summed E-state index contributed by atoms with van der Waals surface area (Å²) in [4.78, 5) is 26.6. The first-order valence-corrected chi connectivity index (χ1v) is 13.9. The fourth-order valence-corrected chi connectivity index (χ4v) is 5.86. The molecule has 0 saturated heterocycles. The number of amides is 2. The van der Waals surface area contributed by atoms with Crippen molar-refractivity contribution in [3.8, 4) is 5.75 Å². The van der Waals surface area contributed by atoms with E-state index in [1.807, 2.05) is 30.3 Å². The number of hydrogen-bond acceptors (Lipinski definition) is 5. The fraction of sp³-hybridized carbons (Fsp3) is 0.200. The van der Waals surface area contributed by atoms with Crippen LogP contribution < -0.4 is 15.4 Å². The third-order valence-electron chi connectivity index (χ3n) is 5.90. The minimum Gasteiger partial charge on any atom is -0.508 e. The third kappa shape index (κ3) is 7.01. The number of aromatic hydroxyl groups is 1. The molecule has 39 heavy (non-hydrogen) atoms. The number of nitrogens with one attached hydrogen (secondary N) is 3. The molecular formula is C30H31N3O5S. The van der Waals surface area contributed by atoms with Gasteiger partial charge in [0.2, 0.25) is 15.9 Å². The van der Waals surface area contributed by atoms with Crippen LogP contribution >= 0.6 is 0 Å². The van der Waals surface area contributed by atoms with Gasteiger partial charge in [-0.2, -0.15) is 0 Å². The lowest BCUT2D eigenvalue weighted by Gasteiger charge is -2.22. The van der Waals surface area contributed by atoms with Gasteiger partial charge in [-0.3, -0.25) is 9.59 Å². The Balaban J connectivity index is 1.65. The Kier molecular flexibility index (Phi) is 8.03. The van der Waals surface area contributed by atoms with Gasteiger partial charge in [0.15, 0.2) is 0 Å². The van der Waals surface area contributed by atoms with E-state index >= 15 is 0 Å². The summed E-state index contributed by atoms with van der Waals surface area (Å²) >= 11 is 0. The molecule has 0 saturated carbocycles. The Morgan fingerprint density at radius 3 is 2.13 bits per heavy atom. The summed E-state index contributed by atoms with van der Waals surface area (Å²) in [5.41, 5.74) is 0.892. The van der Waals surface area contributed by atoms with Crippen molar-refractivity contribution < 1.29 is 23.1 Å². The molecule has 8 nitrogen and oxygen atoms in total. The number of rotatable bonds is 8. The molecule has 1 atom stereocenters. The van der Waals surface area contributed by atoms with Crippen LogP contribution in [0.5, 0.6) is 5.75 Å². The molecular weight excluding hydrogens is 514 g/mol. The van der Waals surface area contributed by atoms with E-state index < -0.39 is 33.4 Å². The number of sulfonamides is 1. The van der Waals surface area contributed by atoms with Gasteiger partial charge in [0.1, 0.15) is 11.8 Å². The lowest BCUT2D eigenvalue weighted by Crippen LogP contribution is -2.45. The smallest absolute Gasteiger partial charge is 0.251 e. The number of carbonyl (C=O) groups excluding carboxylic acids is 2. The average Bonchev–Trinajstić information content (AvgIpc) is 2.87. The highest BCUT2D eigenvalue weighted by Crippen LogP contribution is 2.29. The topological polar surface area (TPSA) is 125 Å². The first kappa shape index (κ1) is 27.8. The minimum absolute atomic E-state index is 0.0279. The molecule has 202 valence electrons. The van der Waals surface area contributed by atoms with E-state index in [9.17, 15) is 23.1 Å². The molecule has 2 amide bonds. The second kappa shape index (κ2) is 11.3. The number of anilines is 1. The van der Waals surface area contributed by atoms with Gasteiger partial charge in [-0.25, -0.2) is 13.1 Å². The highest BCUT2D eigenvalue weighted by molar-refractivity contribution is 7.89. The van der Waals surface area contributed by atoms with Gasteiger partial charge in [0, 0.05) is 34.0 Å². The van der Waals surface area contributed by atoms with Crippen LogP contribution in [-0.2, 0) is 21.2 Å². The molecule has 0 aromatic heterocycles. The zero-order valence-electron chi connectivity index (χ0n) is 21.9. The van der Waals surface area contributed by atoms with E-state index in [0.29, 0.717) is 22.0 Å². The maximum Gasteiger partial charge on any atom is 0.251 e. The van der Waals surface area contributed by atoms with Crippen LogP contribution in [0.25, 0.3) is 10.8 Å². The highest BCUT2D eigenvalue weighted by atomic mass is 32.2. The number of fused-ring (bicyclic) bond motifs is 1. The first-order valence-electron chi connectivity index (χ1n) is 12.4. The van der Waals surface area contributed by atoms with Crippen LogP contribution in [0.1, 0.15) is 36.7 Å². The van der Waals surface area contributed by atoms with E-state index in [4.69, 9.17) is 0 Å². The molecule has 0 radical (unpaired) electrons. The number of phenols is 1. The van der Waals surface area contributed by atoms with E-state index in [1.165, 1.54) is 30.3 Å². The molecule has 0 spiro atoms. The normalized spacial score (nSPS) is 12.6. The lowest BCUT2D eigenvalue weighted by atomic mass is 10.0. The van der Waals surface area contributed by atoms with E-state index in [2.05, 4.69) is 15.4 Å². The van der Waals surface area contributed by atoms with E-state index in [1.54, 1.807) is 51.1 Å². The van der Waals surface area contributed by atoms with Crippen LogP contribution in [0, 0.1) is 0 Å². The van der Waals surface area contributed by atoms with Crippen LogP contribution in [-0.4, -0.2) is 36.9 Å². The van der Waals surface area contributed by atoms with Crippen molar-refractivity contribution in [2.45, 2.75) is 43.7 Å². The first-order chi connectivity index (χ1) is 18.4. The zero-order chi connectivity index (χ0) is 28.2. The summed E-state index contributed by atoms with van der Waals surface area (Å²) in [6.45, 7) is 5.29. The summed E-state index contributed by atoms with van der Waals surface area (Å²) in [5, 5.41) is 16.2. The Labute approximate surface area is 228 Å². The molecule has 4 rings (SSSR count). The second-order valence-corrected chi connectivity index (χ2v) is 11.9. The van der Waals surface area contributed by atoms with Crippen LogP contribution in [0.15, 0.2) is 95.9 Å². The summed E-state index contributed by atoms with van der Waals surface area (Å²) < 4.78 is 28.9. The van der Waals surface area contributed by atoms with Crippen molar-refractivity contribution in [1.29, 1.82) is 0 Å². The predicted octanol–water partition coefficient (Wildman–Crippen LogP) is 4.60. The molecule has 0 bridgehead atoms. The third-order valence-corrected chi connectivity index (χ3v) is 7.72. The van der Waals surface area contributed by atoms with Crippen LogP contribution in [0.3, 0.4) is 0 Å². The van der Waals surface area contributed by atoms with Crippen molar-refractivity contribution in [3.05, 3.63) is 102 Å². The zero-order valence-corrected chi connectivity index (χ0v) is 22.7.